The minimum Gasteiger partial charge on any atom is -0.361 e. The van der Waals surface area contributed by atoms with E-state index in [-0.39, 0.29) is 29.3 Å². The molecule has 0 spiro atoms. The number of carbonyl (C=O) groups is 1. The van der Waals surface area contributed by atoms with Crippen LogP contribution in [0.2, 0.25) is 0 Å². The topological polar surface area (TPSA) is 82.3 Å². The zero-order valence-electron chi connectivity index (χ0n) is 17.0. The number of hydrogen-bond donors (Lipinski definition) is 2. The first-order valence-corrected chi connectivity index (χ1v) is 11.8. The largest absolute Gasteiger partial charge is 0.361 e. The van der Waals surface area contributed by atoms with Crippen LogP contribution < -0.4 is 5.32 Å². The number of aromatic amines is 1. The predicted molar refractivity (Wildman–Crippen MR) is 118 cm³/mol. The average Bonchev–Trinajstić information content (AvgIpc) is 3.17. The van der Waals surface area contributed by atoms with Gasteiger partial charge in [0.15, 0.2) is 0 Å². The Morgan fingerprint density at radius 2 is 1.90 bits per heavy atom. The van der Waals surface area contributed by atoms with Crippen LogP contribution in [0.25, 0.3) is 10.9 Å². The lowest BCUT2D eigenvalue weighted by Crippen LogP contribution is -2.47. The number of benzene rings is 2. The zero-order chi connectivity index (χ0) is 21.1. The molecule has 2 aromatic carbocycles. The minimum absolute atomic E-state index is 0.0437. The van der Waals surface area contributed by atoms with Crippen LogP contribution in [0, 0.1) is 5.92 Å². The van der Waals surface area contributed by atoms with Crippen LogP contribution in [0.5, 0.6) is 0 Å². The number of nitrogens with one attached hydrogen (secondary N) is 2. The van der Waals surface area contributed by atoms with Crippen LogP contribution in [0.1, 0.15) is 25.3 Å². The maximum absolute atomic E-state index is 12.9. The molecule has 1 aromatic heterocycles. The van der Waals surface area contributed by atoms with Crippen LogP contribution in [-0.4, -0.2) is 42.7 Å². The van der Waals surface area contributed by atoms with E-state index in [1.165, 1.54) is 4.31 Å². The van der Waals surface area contributed by atoms with Crippen molar-refractivity contribution in [2.24, 2.45) is 5.92 Å². The van der Waals surface area contributed by atoms with E-state index in [0.717, 1.165) is 16.5 Å². The Morgan fingerprint density at radius 1 is 1.17 bits per heavy atom. The van der Waals surface area contributed by atoms with Crippen LogP contribution in [0.4, 0.5) is 0 Å². The van der Waals surface area contributed by atoms with Gasteiger partial charge in [0.25, 0.3) is 0 Å². The van der Waals surface area contributed by atoms with Gasteiger partial charge in [-0.05, 0) is 49.9 Å². The molecule has 0 aliphatic carbocycles. The molecular weight excluding hydrogens is 398 g/mol. The fraction of sp³-hybridized carbons (Fsp3) is 0.348. The van der Waals surface area contributed by atoms with Crippen molar-refractivity contribution in [2.45, 2.75) is 37.1 Å². The van der Waals surface area contributed by atoms with Crippen molar-refractivity contribution in [3.05, 3.63) is 66.4 Å². The molecule has 6 nitrogen and oxygen atoms in total. The Hall–Kier alpha value is -2.64. The molecule has 2 heterocycles. The smallest absolute Gasteiger partial charge is 0.243 e. The molecule has 3 aromatic rings. The summed E-state index contributed by atoms with van der Waals surface area (Å²) in [4.78, 5) is 16.4. The number of hydrogen-bond acceptors (Lipinski definition) is 3. The maximum atomic E-state index is 12.9. The van der Waals surface area contributed by atoms with Gasteiger partial charge in [-0.1, -0.05) is 36.4 Å². The number of aromatic nitrogens is 1. The molecule has 158 valence electrons. The standard InChI is InChI=1S/C23H27N3O3S/c1-17(14-19-15-24-22-12-6-5-11-21(19)22)25-23(27)18-8-7-13-26(16-18)30(28,29)20-9-3-2-4-10-20/h2-6,9-12,15,17-18,24H,7-8,13-14,16H2,1H3,(H,25,27). The third kappa shape index (κ3) is 4.27. The SMILES string of the molecule is CC(Cc1c[nH]c2ccccc12)NC(=O)C1CCCN(S(=O)(=O)c2ccccc2)C1. The lowest BCUT2D eigenvalue weighted by Gasteiger charge is -2.31. The van der Waals surface area contributed by atoms with E-state index in [0.29, 0.717) is 25.8 Å². The first-order valence-electron chi connectivity index (χ1n) is 10.4. The number of rotatable bonds is 6. The first kappa shape index (κ1) is 20.6. The van der Waals surface area contributed by atoms with Crippen molar-refractivity contribution in [1.29, 1.82) is 0 Å². The predicted octanol–water partition coefficient (Wildman–Crippen LogP) is 3.32. The highest BCUT2D eigenvalue weighted by atomic mass is 32.2. The number of fused-ring (bicyclic) bond motifs is 1. The minimum atomic E-state index is -3.57. The van der Waals surface area contributed by atoms with Crippen LogP contribution >= 0.6 is 0 Å². The number of H-pyrrole nitrogens is 1. The van der Waals surface area contributed by atoms with Gasteiger partial charge in [0, 0.05) is 36.2 Å². The van der Waals surface area contributed by atoms with Crippen molar-refractivity contribution in [2.75, 3.05) is 13.1 Å². The zero-order valence-corrected chi connectivity index (χ0v) is 17.9. The highest BCUT2D eigenvalue weighted by Crippen LogP contribution is 2.24. The second-order valence-corrected chi connectivity index (χ2v) is 9.93. The molecule has 7 heteroatoms. The third-order valence-corrected chi connectivity index (χ3v) is 7.60. The van der Waals surface area contributed by atoms with Gasteiger partial charge < -0.3 is 10.3 Å². The Morgan fingerprint density at radius 3 is 2.70 bits per heavy atom. The van der Waals surface area contributed by atoms with E-state index in [1.807, 2.05) is 31.3 Å². The lowest BCUT2D eigenvalue weighted by molar-refractivity contribution is -0.126. The second kappa shape index (κ2) is 8.62. The summed E-state index contributed by atoms with van der Waals surface area (Å²) >= 11 is 0. The van der Waals surface area contributed by atoms with Crippen molar-refractivity contribution >= 4 is 26.8 Å². The van der Waals surface area contributed by atoms with Gasteiger partial charge >= 0.3 is 0 Å². The molecule has 4 rings (SSSR count). The summed E-state index contributed by atoms with van der Waals surface area (Å²) in [6.07, 6.45) is 4.09. The molecule has 0 saturated carbocycles. The number of carbonyl (C=O) groups excluding carboxylic acids is 1. The first-order chi connectivity index (χ1) is 14.4. The molecule has 2 N–H and O–H groups in total. The molecule has 2 unspecified atom stereocenters. The Balaban J connectivity index is 1.39. The average molecular weight is 426 g/mol. The van der Waals surface area contributed by atoms with Crippen LogP contribution in [0.3, 0.4) is 0 Å². The van der Waals surface area contributed by atoms with E-state index >= 15 is 0 Å². The summed E-state index contributed by atoms with van der Waals surface area (Å²) in [5.41, 5.74) is 2.25. The molecule has 1 aliphatic heterocycles. The third-order valence-electron chi connectivity index (χ3n) is 5.73. The summed E-state index contributed by atoms with van der Waals surface area (Å²) in [6, 6.07) is 16.5. The molecule has 2 atom stereocenters. The summed E-state index contributed by atoms with van der Waals surface area (Å²) in [5, 5.41) is 4.25. The monoisotopic (exact) mass is 425 g/mol. The fourth-order valence-corrected chi connectivity index (χ4v) is 5.70. The highest BCUT2D eigenvalue weighted by molar-refractivity contribution is 7.89. The van der Waals surface area contributed by atoms with E-state index < -0.39 is 10.0 Å². The second-order valence-electron chi connectivity index (χ2n) is 7.99. The Bertz CT molecular complexity index is 1120. The van der Waals surface area contributed by atoms with Gasteiger partial charge in [0.05, 0.1) is 10.8 Å². The molecule has 30 heavy (non-hydrogen) atoms. The van der Waals surface area contributed by atoms with Gasteiger partial charge in [-0.15, -0.1) is 0 Å². The number of piperidine rings is 1. The van der Waals surface area contributed by atoms with E-state index in [9.17, 15) is 13.2 Å². The number of nitrogens with zero attached hydrogens (tertiary/aromatic N) is 1. The summed E-state index contributed by atoms with van der Waals surface area (Å²) in [5.74, 6) is -0.405. The van der Waals surface area contributed by atoms with Crippen LogP contribution in [-0.2, 0) is 21.2 Å². The fourth-order valence-electron chi connectivity index (χ4n) is 4.16. The highest BCUT2D eigenvalue weighted by Gasteiger charge is 2.33. The molecule has 1 fully saturated rings. The summed E-state index contributed by atoms with van der Waals surface area (Å²) in [6.45, 7) is 2.66. The van der Waals surface area contributed by atoms with Gasteiger partial charge in [0.1, 0.15) is 0 Å². The number of sulfonamides is 1. The quantitative estimate of drug-likeness (QED) is 0.636. The molecule has 0 bridgehead atoms. The van der Waals surface area contributed by atoms with Gasteiger partial charge in [0.2, 0.25) is 15.9 Å². The molecule has 1 saturated heterocycles. The van der Waals surface area contributed by atoms with Crippen molar-refractivity contribution in [3.63, 3.8) is 0 Å². The number of amides is 1. The van der Waals surface area contributed by atoms with E-state index in [4.69, 9.17) is 0 Å². The van der Waals surface area contributed by atoms with Crippen LogP contribution in [0.15, 0.2) is 65.7 Å². The molecule has 1 amide bonds. The van der Waals surface area contributed by atoms with E-state index in [1.54, 1.807) is 30.3 Å². The molecule has 1 aliphatic rings. The van der Waals surface area contributed by atoms with Crippen molar-refractivity contribution in [1.82, 2.24) is 14.6 Å². The van der Waals surface area contributed by atoms with Crippen molar-refractivity contribution < 1.29 is 13.2 Å². The van der Waals surface area contributed by atoms with Gasteiger partial charge in [-0.25, -0.2) is 8.42 Å². The summed E-state index contributed by atoms with van der Waals surface area (Å²) < 4.78 is 27.3. The Kier molecular flexibility index (Phi) is 5.92. The summed E-state index contributed by atoms with van der Waals surface area (Å²) in [7, 11) is -3.57. The van der Waals surface area contributed by atoms with Gasteiger partial charge in [-0.3, -0.25) is 4.79 Å². The molecule has 0 radical (unpaired) electrons. The van der Waals surface area contributed by atoms with Gasteiger partial charge in [-0.2, -0.15) is 4.31 Å². The van der Waals surface area contributed by atoms with Crippen molar-refractivity contribution in [3.8, 4) is 0 Å². The normalized spacial score (nSPS) is 18.9. The van der Waals surface area contributed by atoms with E-state index in [2.05, 4.69) is 16.4 Å². The Labute approximate surface area is 177 Å². The molecular formula is C23H27N3O3S. The maximum Gasteiger partial charge on any atom is 0.243 e. The number of para-hydroxylation sites is 1. The lowest BCUT2D eigenvalue weighted by atomic mass is 9.98.